The van der Waals surface area contributed by atoms with E-state index in [1.807, 2.05) is 31.2 Å². The zero-order valence-corrected chi connectivity index (χ0v) is 14.1. The fraction of sp³-hybridized carbons (Fsp3) is 0.526. The quantitative estimate of drug-likeness (QED) is 0.845. The van der Waals surface area contributed by atoms with Gasteiger partial charge in [-0.2, -0.15) is 0 Å². The van der Waals surface area contributed by atoms with Crippen LogP contribution in [-0.2, 0) is 20.8 Å². The summed E-state index contributed by atoms with van der Waals surface area (Å²) in [6.07, 6.45) is 4.63. The summed E-state index contributed by atoms with van der Waals surface area (Å²) >= 11 is 0. The van der Waals surface area contributed by atoms with E-state index in [0.29, 0.717) is 0 Å². The summed E-state index contributed by atoms with van der Waals surface area (Å²) in [5.74, 6) is -0.602. The van der Waals surface area contributed by atoms with Crippen molar-refractivity contribution in [2.45, 2.75) is 45.4 Å². The second-order valence-electron chi connectivity index (χ2n) is 6.63. The number of benzene rings is 1. The maximum Gasteiger partial charge on any atom is 0.233 e. The van der Waals surface area contributed by atoms with Gasteiger partial charge in [-0.3, -0.25) is 19.3 Å². The molecule has 3 amide bonds. The van der Waals surface area contributed by atoms with Crippen LogP contribution in [0.25, 0.3) is 0 Å². The van der Waals surface area contributed by atoms with Crippen molar-refractivity contribution in [3.8, 4) is 0 Å². The molecule has 1 aliphatic heterocycles. The fourth-order valence-electron chi connectivity index (χ4n) is 3.83. The molecular formula is C19H24N2O3. The Labute approximate surface area is 142 Å². The number of anilines is 1. The van der Waals surface area contributed by atoms with Gasteiger partial charge in [-0.15, -0.1) is 0 Å². The van der Waals surface area contributed by atoms with E-state index in [9.17, 15) is 14.4 Å². The molecule has 3 rings (SSSR count). The smallest absolute Gasteiger partial charge is 0.233 e. The first kappa shape index (κ1) is 16.7. The molecule has 5 nitrogen and oxygen atoms in total. The zero-order valence-electron chi connectivity index (χ0n) is 14.1. The lowest BCUT2D eigenvalue weighted by molar-refractivity contribution is -0.140. The second-order valence-corrected chi connectivity index (χ2v) is 6.63. The number of carbonyl (C=O) groups is 3. The van der Waals surface area contributed by atoms with Crippen molar-refractivity contribution in [3.05, 3.63) is 29.8 Å². The average molecular weight is 328 g/mol. The van der Waals surface area contributed by atoms with Gasteiger partial charge in [0.1, 0.15) is 0 Å². The lowest BCUT2D eigenvalue weighted by Crippen LogP contribution is -2.34. The molecule has 128 valence electrons. The first-order valence-electron chi connectivity index (χ1n) is 8.84. The first-order chi connectivity index (χ1) is 11.6. The molecule has 1 saturated carbocycles. The van der Waals surface area contributed by atoms with Crippen molar-refractivity contribution in [3.63, 3.8) is 0 Å². The summed E-state index contributed by atoms with van der Waals surface area (Å²) in [4.78, 5) is 38.3. The Morgan fingerprint density at radius 3 is 2.38 bits per heavy atom. The number of hydrogen-bond acceptors (Lipinski definition) is 3. The topological polar surface area (TPSA) is 66.5 Å². The molecule has 0 aromatic heterocycles. The standard InChI is InChI=1S/C19H24N2O3/c1-2-13-7-3-6-10-16(13)20-17(22)11-12-21-18(23)14-8-4-5-9-15(14)19(21)24/h3,6-7,10,14-15H,2,4-5,8-9,11-12H2,1H3,(H,20,22)/t14-,15+. The summed E-state index contributed by atoms with van der Waals surface area (Å²) in [6, 6.07) is 7.68. The van der Waals surface area contributed by atoms with E-state index in [1.165, 1.54) is 4.90 Å². The minimum Gasteiger partial charge on any atom is -0.326 e. The normalized spacial score (nSPS) is 23.3. The van der Waals surface area contributed by atoms with Crippen LogP contribution in [0.1, 0.15) is 44.6 Å². The van der Waals surface area contributed by atoms with E-state index in [1.54, 1.807) is 0 Å². The zero-order chi connectivity index (χ0) is 17.1. The summed E-state index contributed by atoms with van der Waals surface area (Å²) in [5.41, 5.74) is 1.88. The molecule has 2 fully saturated rings. The predicted molar refractivity (Wildman–Crippen MR) is 91.2 cm³/mol. The SMILES string of the molecule is CCc1ccccc1NC(=O)CCN1C(=O)[C@H]2CCCC[C@H]2C1=O. The number of hydrogen-bond donors (Lipinski definition) is 1. The Kier molecular flexibility index (Phi) is 4.97. The van der Waals surface area contributed by atoms with Gasteiger partial charge in [-0.05, 0) is 30.9 Å². The Morgan fingerprint density at radius 2 is 1.75 bits per heavy atom. The number of amides is 3. The summed E-state index contributed by atoms with van der Waals surface area (Å²) in [7, 11) is 0. The van der Waals surface area contributed by atoms with Crippen LogP contribution in [0.2, 0.25) is 0 Å². The fourth-order valence-corrected chi connectivity index (χ4v) is 3.83. The summed E-state index contributed by atoms with van der Waals surface area (Å²) < 4.78 is 0. The molecule has 0 unspecified atom stereocenters. The number of nitrogens with zero attached hydrogens (tertiary/aromatic N) is 1. The van der Waals surface area contributed by atoms with Crippen LogP contribution in [0.4, 0.5) is 5.69 Å². The first-order valence-corrected chi connectivity index (χ1v) is 8.84. The van der Waals surface area contributed by atoms with E-state index in [4.69, 9.17) is 0 Å². The van der Waals surface area contributed by atoms with Gasteiger partial charge in [-0.1, -0.05) is 38.0 Å². The third-order valence-corrected chi connectivity index (χ3v) is 5.17. The molecule has 0 spiro atoms. The maximum absolute atomic E-state index is 12.4. The third-order valence-electron chi connectivity index (χ3n) is 5.17. The molecule has 5 heteroatoms. The Hall–Kier alpha value is -2.17. The molecule has 1 aromatic rings. The number of imide groups is 1. The highest BCUT2D eigenvalue weighted by Crippen LogP contribution is 2.37. The lowest BCUT2D eigenvalue weighted by Gasteiger charge is -2.19. The van der Waals surface area contributed by atoms with Crippen LogP contribution in [-0.4, -0.2) is 29.2 Å². The van der Waals surface area contributed by atoms with Crippen molar-refractivity contribution < 1.29 is 14.4 Å². The number of aryl methyl sites for hydroxylation is 1. The highest BCUT2D eigenvalue weighted by atomic mass is 16.2. The number of nitrogens with one attached hydrogen (secondary N) is 1. The monoisotopic (exact) mass is 328 g/mol. The largest absolute Gasteiger partial charge is 0.326 e. The predicted octanol–water partition coefficient (Wildman–Crippen LogP) is 2.75. The van der Waals surface area contributed by atoms with Gasteiger partial charge in [0, 0.05) is 18.7 Å². The molecule has 0 radical (unpaired) electrons. The van der Waals surface area contributed by atoms with Crippen molar-refractivity contribution in [1.82, 2.24) is 4.90 Å². The number of carbonyl (C=O) groups excluding carboxylic acids is 3. The highest BCUT2D eigenvalue weighted by Gasteiger charge is 2.47. The molecule has 1 aliphatic carbocycles. The maximum atomic E-state index is 12.4. The molecule has 1 heterocycles. The van der Waals surface area contributed by atoms with Crippen molar-refractivity contribution in [2.75, 3.05) is 11.9 Å². The van der Waals surface area contributed by atoms with Gasteiger partial charge in [0.05, 0.1) is 11.8 Å². The lowest BCUT2D eigenvalue weighted by atomic mass is 9.81. The third kappa shape index (κ3) is 3.21. The van der Waals surface area contributed by atoms with E-state index >= 15 is 0 Å². The van der Waals surface area contributed by atoms with Gasteiger partial charge in [0.15, 0.2) is 0 Å². The van der Waals surface area contributed by atoms with Gasteiger partial charge in [0.25, 0.3) is 0 Å². The van der Waals surface area contributed by atoms with E-state index < -0.39 is 0 Å². The summed E-state index contributed by atoms with van der Waals surface area (Å²) in [5, 5.41) is 2.89. The molecule has 1 saturated heterocycles. The minimum atomic E-state index is -0.161. The van der Waals surface area contributed by atoms with Gasteiger partial charge >= 0.3 is 0 Å². The molecular weight excluding hydrogens is 304 g/mol. The Bertz CT molecular complexity index is 632. The van der Waals surface area contributed by atoms with Crippen LogP contribution in [0.15, 0.2) is 24.3 Å². The Morgan fingerprint density at radius 1 is 1.12 bits per heavy atom. The highest BCUT2D eigenvalue weighted by molar-refractivity contribution is 6.05. The van der Waals surface area contributed by atoms with Gasteiger partial charge in [-0.25, -0.2) is 0 Å². The van der Waals surface area contributed by atoms with Crippen molar-refractivity contribution in [2.24, 2.45) is 11.8 Å². The molecule has 2 aliphatic rings. The van der Waals surface area contributed by atoms with Crippen LogP contribution >= 0.6 is 0 Å². The Balaban J connectivity index is 1.58. The van der Waals surface area contributed by atoms with Gasteiger partial charge < -0.3 is 5.32 Å². The van der Waals surface area contributed by atoms with Gasteiger partial charge in [0.2, 0.25) is 17.7 Å². The average Bonchev–Trinajstić information content (AvgIpc) is 2.85. The van der Waals surface area contributed by atoms with E-state index in [-0.39, 0.29) is 42.5 Å². The summed E-state index contributed by atoms with van der Waals surface area (Å²) in [6.45, 7) is 2.22. The number of para-hydroxylation sites is 1. The molecule has 24 heavy (non-hydrogen) atoms. The van der Waals surface area contributed by atoms with Crippen LogP contribution < -0.4 is 5.32 Å². The molecule has 1 N–H and O–H groups in total. The molecule has 2 atom stereocenters. The van der Waals surface area contributed by atoms with Crippen molar-refractivity contribution >= 4 is 23.4 Å². The van der Waals surface area contributed by atoms with Crippen LogP contribution in [0.3, 0.4) is 0 Å². The van der Waals surface area contributed by atoms with E-state index in [0.717, 1.165) is 43.4 Å². The van der Waals surface area contributed by atoms with E-state index in [2.05, 4.69) is 5.32 Å². The number of likely N-dealkylation sites (tertiary alicyclic amines) is 1. The molecule has 0 bridgehead atoms. The number of rotatable bonds is 5. The second kappa shape index (κ2) is 7.16. The van der Waals surface area contributed by atoms with Crippen molar-refractivity contribution in [1.29, 1.82) is 0 Å². The minimum absolute atomic E-state index is 0.0774. The number of fused-ring (bicyclic) bond motifs is 1. The van der Waals surface area contributed by atoms with Crippen LogP contribution in [0.5, 0.6) is 0 Å². The van der Waals surface area contributed by atoms with Crippen LogP contribution in [0, 0.1) is 11.8 Å². The molecule has 1 aromatic carbocycles.